The zero-order chi connectivity index (χ0) is 15.2. The average molecular weight is 333 g/mol. The number of hydrogen-bond acceptors (Lipinski definition) is 5. The number of fused-ring (bicyclic) bond motifs is 1. The Labute approximate surface area is 131 Å². The van der Waals surface area contributed by atoms with Crippen LogP contribution in [0.5, 0.6) is 11.5 Å². The molecule has 0 saturated heterocycles. The van der Waals surface area contributed by atoms with Gasteiger partial charge in [0.1, 0.15) is 4.21 Å². The van der Waals surface area contributed by atoms with E-state index in [9.17, 15) is 8.42 Å². The second-order valence-corrected chi connectivity index (χ2v) is 7.66. The summed E-state index contributed by atoms with van der Waals surface area (Å²) in [5.41, 5.74) is 1.45. The topological polar surface area (TPSA) is 57.5 Å². The van der Waals surface area contributed by atoms with Gasteiger partial charge in [-0.25, -0.2) is 3.97 Å². The monoisotopic (exact) mass is 333 g/mol. The fraction of sp³-hybridized carbons (Fsp3) is 0.0667. The van der Waals surface area contributed by atoms with Crippen molar-refractivity contribution in [2.75, 3.05) is 6.79 Å². The van der Waals surface area contributed by atoms with E-state index < -0.39 is 10.0 Å². The highest BCUT2D eigenvalue weighted by Crippen LogP contribution is 2.39. The quantitative estimate of drug-likeness (QED) is 0.739. The zero-order valence-electron chi connectivity index (χ0n) is 11.3. The highest BCUT2D eigenvalue weighted by atomic mass is 32.2. The van der Waals surface area contributed by atoms with Crippen molar-refractivity contribution in [1.29, 1.82) is 0 Å². The van der Waals surface area contributed by atoms with Gasteiger partial charge in [0.2, 0.25) is 6.79 Å². The Morgan fingerprint density at radius 1 is 1.05 bits per heavy atom. The lowest BCUT2D eigenvalue weighted by Gasteiger charge is -2.07. The van der Waals surface area contributed by atoms with E-state index in [2.05, 4.69) is 0 Å². The molecule has 0 amide bonds. The first-order valence-corrected chi connectivity index (χ1v) is 8.84. The van der Waals surface area contributed by atoms with Crippen LogP contribution in [0.25, 0.3) is 11.1 Å². The van der Waals surface area contributed by atoms with Crippen LogP contribution in [0.3, 0.4) is 0 Å². The summed E-state index contributed by atoms with van der Waals surface area (Å²) in [6, 6.07) is 10.6. The molecule has 0 fully saturated rings. The number of aromatic nitrogens is 1. The molecule has 0 bridgehead atoms. The number of rotatable bonds is 3. The Hall–Kier alpha value is -2.25. The second kappa shape index (κ2) is 4.89. The predicted octanol–water partition coefficient (Wildman–Crippen LogP) is 3.18. The van der Waals surface area contributed by atoms with Crippen LogP contribution in [0, 0.1) is 0 Å². The normalized spacial score (nSPS) is 13.5. The molecule has 0 unspecified atom stereocenters. The molecule has 2 aromatic heterocycles. The molecule has 0 spiro atoms. The summed E-state index contributed by atoms with van der Waals surface area (Å²) in [5.74, 6) is 1.31. The van der Waals surface area contributed by atoms with Gasteiger partial charge in [0.15, 0.2) is 11.5 Å². The Morgan fingerprint density at radius 3 is 2.64 bits per heavy atom. The molecular weight excluding hydrogens is 322 g/mol. The fourth-order valence-corrected chi connectivity index (χ4v) is 5.02. The fourth-order valence-electron chi connectivity index (χ4n) is 2.35. The van der Waals surface area contributed by atoms with E-state index in [4.69, 9.17) is 9.47 Å². The third kappa shape index (κ3) is 2.01. The SMILES string of the molecule is O=S(=O)(c1sccc1-c1ccc2c(c1)OCO2)n1cccc1. The van der Waals surface area contributed by atoms with E-state index in [1.54, 1.807) is 35.7 Å². The first-order chi connectivity index (χ1) is 10.7. The third-order valence-electron chi connectivity index (χ3n) is 3.40. The first kappa shape index (κ1) is 13.4. The summed E-state index contributed by atoms with van der Waals surface area (Å²) >= 11 is 1.20. The van der Waals surface area contributed by atoms with Gasteiger partial charge in [-0.05, 0) is 41.3 Å². The maximum absolute atomic E-state index is 12.7. The first-order valence-electron chi connectivity index (χ1n) is 6.52. The van der Waals surface area contributed by atoms with Crippen LogP contribution in [0.1, 0.15) is 0 Å². The maximum atomic E-state index is 12.7. The molecule has 0 aliphatic carbocycles. The number of thiophene rings is 1. The minimum absolute atomic E-state index is 0.191. The van der Waals surface area contributed by atoms with Crippen molar-refractivity contribution in [2.24, 2.45) is 0 Å². The van der Waals surface area contributed by atoms with Gasteiger partial charge in [0, 0.05) is 18.0 Å². The van der Waals surface area contributed by atoms with E-state index in [1.807, 2.05) is 6.07 Å². The van der Waals surface area contributed by atoms with E-state index in [1.165, 1.54) is 27.7 Å². The summed E-state index contributed by atoms with van der Waals surface area (Å²) in [6.45, 7) is 0.191. The van der Waals surface area contributed by atoms with E-state index >= 15 is 0 Å². The molecule has 3 heterocycles. The summed E-state index contributed by atoms with van der Waals surface area (Å²) < 4.78 is 37.6. The molecule has 1 aliphatic rings. The molecule has 5 nitrogen and oxygen atoms in total. The van der Waals surface area contributed by atoms with Crippen LogP contribution in [-0.4, -0.2) is 19.2 Å². The predicted molar refractivity (Wildman–Crippen MR) is 82.9 cm³/mol. The minimum atomic E-state index is -3.58. The number of ether oxygens (including phenoxy) is 2. The van der Waals surface area contributed by atoms with Gasteiger partial charge in [-0.1, -0.05) is 6.07 Å². The molecule has 0 N–H and O–H groups in total. The number of hydrogen-bond donors (Lipinski definition) is 0. The number of nitrogens with zero attached hydrogens (tertiary/aromatic N) is 1. The summed E-state index contributed by atoms with van der Waals surface area (Å²) in [6.07, 6.45) is 3.05. The Morgan fingerprint density at radius 2 is 1.82 bits per heavy atom. The molecule has 4 rings (SSSR count). The minimum Gasteiger partial charge on any atom is -0.454 e. The highest BCUT2D eigenvalue weighted by Gasteiger charge is 2.23. The van der Waals surface area contributed by atoms with Crippen molar-refractivity contribution in [3.63, 3.8) is 0 Å². The molecular formula is C15H11NO4S2. The lowest BCUT2D eigenvalue weighted by molar-refractivity contribution is 0.174. The molecule has 22 heavy (non-hydrogen) atoms. The van der Waals surface area contributed by atoms with Crippen LogP contribution in [0.15, 0.2) is 58.4 Å². The highest BCUT2D eigenvalue weighted by molar-refractivity contribution is 7.92. The Kier molecular flexibility index (Phi) is 2.98. The average Bonchev–Trinajstić information content (AvgIpc) is 3.25. The van der Waals surface area contributed by atoms with Crippen molar-refractivity contribution >= 4 is 21.4 Å². The zero-order valence-corrected chi connectivity index (χ0v) is 12.9. The number of benzene rings is 1. The molecule has 112 valence electrons. The lowest BCUT2D eigenvalue weighted by atomic mass is 10.1. The Bertz CT molecular complexity index is 926. The molecule has 3 aromatic rings. The Balaban J connectivity index is 1.84. The van der Waals surface area contributed by atoms with Gasteiger partial charge in [-0.3, -0.25) is 0 Å². The molecule has 0 radical (unpaired) electrons. The van der Waals surface area contributed by atoms with Crippen LogP contribution < -0.4 is 9.47 Å². The van der Waals surface area contributed by atoms with Gasteiger partial charge in [0.25, 0.3) is 10.0 Å². The van der Waals surface area contributed by atoms with Crippen molar-refractivity contribution in [3.05, 3.63) is 54.2 Å². The molecule has 1 aliphatic heterocycles. The van der Waals surface area contributed by atoms with Crippen LogP contribution >= 0.6 is 11.3 Å². The molecule has 0 atom stereocenters. The van der Waals surface area contributed by atoms with E-state index in [0.717, 1.165) is 5.56 Å². The summed E-state index contributed by atoms with van der Waals surface area (Å²) in [4.78, 5) is 0. The largest absolute Gasteiger partial charge is 0.454 e. The van der Waals surface area contributed by atoms with Gasteiger partial charge in [0.05, 0.1) is 0 Å². The van der Waals surface area contributed by atoms with Gasteiger partial charge >= 0.3 is 0 Å². The summed E-state index contributed by atoms with van der Waals surface area (Å²) in [7, 11) is -3.58. The van der Waals surface area contributed by atoms with Crippen LogP contribution in [0.4, 0.5) is 0 Å². The van der Waals surface area contributed by atoms with Crippen molar-refractivity contribution in [3.8, 4) is 22.6 Å². The van der Waals surface area contributed by atoms with Crippen molar-refractivity contribution in [1.82, 2.24) is 3.97 Å². The van der Waals surface area contributed by atoms with Gasteiger partial charge in [-0.15, -0.1) is 11.3 Å². The summed E-state index contributed by atoms with van der Waals surface area (Å²) in [5, 5.41) is 1.77. The lowest BCUT2D eigenvalue weighted by Crippen LogP contribution is -2.10. The standard InChI is InChI=1S/C15H11NO4S2/c17-22(18,16-6-1-2-7-16)15-12(5-8-21-15)11-3-4-13-14(9-11)20-10-19-13/h1-9H,10H2. The molecule has 0 saturated carbocycles. The smallest absolute Gasteiger partial charge is 0.277 e. The van der Waals surface area contributed by atoms with Crippen LogP contribution in [-0.2, 0) is 10.0 Å². The van der Waals surface area contributed by atoms with E-state index in [-0.39, 0.29) is 6.79 Å². The van der Waals surface area contributed by atoms with Gasteiger partial charge < -0.3 is 9.47 Å². The van der Waals surface area contributed by atoms with Crippen LogP contribution in [0.2, 0.25) is 0 Å². The van der Waals surface area contributed by atoms with Gasteiger partial charge in [-0.2, -0.15) is 8.42 Å². The second-order valence-electron chi connectivity index (χ2n) is 4.71. The van der Waals surface area contributed by atoms with E-state index in [0.29, 0.717) is 21.3 Å². The third-order valence-corrected chi connectivity index (χ3v) is 6.52. The van der Waals surface area contributed by atoms with Crippen molar-refractivity contribution < 1.29 is 17.9 Å². The molecule has 1 aromatic carbocycles. The molecule has 7 heteroatoms. The maximum Gasteiger partial charge on any atom is 0.277 e. The van der Waals surface area contributed by atoms with Crippen molar-refractivity contribution in [2.45, 2.75) is 4.21 Å².